The van der Waals surface area contributed by atoms with Gasteiger partial charge in [-0.15, -0.1) is 0 Å². The molecule has 2 aromatic heterocycles. The molecule has 0 saturated heterocycles. The number of carbonyl (C=O) groups is 2. The smallest absolute Gasteiger partial charge is 0.248 e. The fourth-order valence-electron chi connectivity index (χ4n) is 2.92. The lowest BCUT2D eigenvalue weighted by Crippen LogP contribution is -2.10. The topological polar surface area (TPSA) is 81.8 Å². The Morgan fingerprint density at radius 3 is 2.50 bits per heavy atom. The first-order chi connectivity index (χ1) is 14.6. The first kappa shape index (κ1) is 19.1. The Balaban J connectivity index is 1.38. The number of nitrogens with one attached hydrogen (secondary N) is 1. The maximum Gasteiger partial charge on any atom is 0.248 e. The van der Waals surface area contributed by atoms with Crippen LogP contribution in [0, 0.1) is 0 Å². The number of hydrogen-bond acceptors (Lipinski definition) is 4. The van der Waals surface area contributed by atoms with E-state index in [1.54, 1.807) is 65.2 Å². The van der Waals surface area contributed by atoms with Gasteiger partial charge in [0.25, 0.3) is 0 Å². The highest BCUT2D eigenvalue weighted by atomic mass is 16.1. The maximum atomic E-state index is 12.4. The molecule has 148 valence electrons. The van der Waals surface area contributed by atoms with Crippen LogP contribution in [0.2, 0.25) is 0 Å². The highest BCUT2D eigenvalue weighted by molar-refractivity contribution is 6.07. The fraction of sp³-hybridized carbons (Fsp3) is 0.0435. The van der Waals surface area contributed by atoms with Crippen LogP contribution in [0.4, 0.5) is 5.69 Å². The number of anilines is 1. The Kier molecular flexibility index (Phi) is 5.34. The number of nitrogens with zero attached hydrogens (tertiary/aromatic N) is 4. The summed E-state index contributed by atoms with van der Waals surface area (Å²) in [6, 6.07) is 16.4. The molecular formula is C23H19N5O2. The van der Waals surface area contributed by atoms with Gasteiger partial charge in [-0.2, -0.15) is 5.10 Å². The number of ketones is 1. The summed E-state index contributed by atoms with van der Waals surface area (Å²) in [7, 11) is 1.77. The van der Waals surface area contributed by atoms with Crippen LogP contribution in [0.3, 0.4) is 0 Å². The van der Waals surface area contributed by atoms with Crippen molar-refractivity contribution in [2.75, 3.05) is 5.32 Å². The summed E-state index contributed by atoms with van der Waals surface area (Å²) in [6.45, 7) is 0. The SMILES string of the molecule is Cn1ccnc1C(=O)c1ccc(NC(=O)/C=C/c2cnn(-c3ccccc3)c2)cc1. The van der Waals surface area contributed by atoms with Gasteiger partial charge < -0.3 is 9.88 Å². The van der Waals surface area contributed by atoms with Gasteiger partial charge in [-0.25, -0.2) is 9.67 Å². The molecule has 4 aromatic rings. The fourth-order valence-corrected chi connectivity index (χ4v) is 2.92. The molecule has 7 heteroatoms. The number of carbonyl (C=O) groups excluding carboxylic acids is 2. The molecule has 0 spiro atoms. The molecule has 0 fully saturated rings. The van der Waals surface area contributed by atoms with Crippen molar-refractivity contribution in [2.45, 2.75) is 0 Å². The Morgan fingerprint density at radius 1 is 1.03 bits per heavy atom. The van der Waals surface area contributed by atoms with E-state index in [1.807, 2.05) is 36.5 Å². The Morgan fingerprint density at radius 2 is 1.80 bits per heavy atom. The maximum absolute atomic E-state index is 12.4. The average molecular weight is 397 g/mol. The molecule has 2 heterocycles. The summed E-state index contributed by atoms with van der Waals surface area (Å²) in [5, 5.41) is 7.07. The molecule has 0 radical (unpaired) electrons. The summed E-state index contributed by atoms with van der Waals surface area (Å²) >= 11 is 0. The highest BCUT2D eigenvalue weighted by Crippen LogP contribution is 2.14. The predicted octanol–water partition coefficient (Wildman–Crippen LogP) is 3.49. The zero-order chi connectivity index (χ0) is 20.9. The van der Waals surface area contributed by atoms with Gasteiger partial charge in [0.2, 0.25) is 11.7 Å². The lowest BCUT2D eigenvalue weighted by Gasteiger charge is -2.04. The second-order valence-corrected chi connectivity index (χ2v) is 6.64. The molecule has 30 heavy (non-hydrogen) atoms. The lowest BCUT2D eigenvalue weighted by molar-refractivity contribution is -0.111. The molecule has 0 aliphatic heterocycles. The zero-order valence-corrected chi connectivity index (χ0v) is 16.3. The molecule has 0 bridgehead atoms. The molecule has 0 aliphatic rings. The summed E-state index contributed by atoms with van der Waals surface area (Å²) in [5.74, 6) is -0.0768. The van der Waals surface area contributed by atoms with Crippen molar-refractivity contribution in [3.8, 4) is 5.69 Å². The van der Waals surface area contributed by atoms with Crippen LogP contribution in [0.5, 0.6) is 0 Å². The average Bonchev–Trinajstić information content (AvgIpc) is 3.42. The molecule has 0 unspecified atom stereocenters. The summed E-state index contributed by atoms with van der Waals surface area (Å²) in [4.78, 5) is 28.7. The molecule has 0 saturated carbocycles. The van der Waals surface area contributed by atoms with Crippen molar-refractivity contribution in [3.05, 3.63) is 102 Å². The summed E-state index contributed by atoms with van der Waals surface area (Å²) in [6.07, 6.45) is 9.97. The van der Waals surface area contributed by atoms with E-state index in [0.717, 1.165) is 11.3 Å². The molecule has 7 nitrogen and oxygen atoms in total. The number of imidazole rings is 1. The highest BCUT2D eigenvalue weighted by Gasteiger charge is 2.13. The normalized spacial score (nSPS) is 11.0. The van der Waals surface area contributed by atoms with Crippen molar-refractivity contribution in [3.63, 3.8) is 0 Å². The van der Waals surface area contributed by atoms with Crippen molar-refractivity contribution in [1.29, 1.82) is 0 Å². The van der Waals surface area contributed by atoms with E-state index in [-0.39, 0.29) is 11.7 Å². The van der Waals surface area contributed by atoms with E-state index >= 15 is 0 Å². The third-order valence-electron chi connectivity index (χ3n) is 4.49. The Hall–Kier alpha value is -4.26. The van der Waals surface area contributed by atoms with E-state index in [1.165, 1.54) is 6.08 Å². The van der Waals surface area contributed by atoms with Crippen molar-refractivity contribution in [2.24, 2.45) is 7.05 Å². The number of hydrogen-bond donors (Lipinski definition) is 1. The lowest BCUT2D eigenvalue weighted by atomic mass is 10.1. The van der Waals surface area contributed by atoms with Crippen molar-refractivity contribution >= 4 is 23.5 Å². The third kappa shape index (κ3) is 4.25. The molecule has 2 aromatic carbocycles. The molecule has 4 rings (SSSR count). The minimum atomic E-state index is -0.273. The number of amides is 1. The van der Waals surface area contributed by atoms with E-state index in [4.69, 9.17) is 0 Å². The number of aryl methyl sites for hydroxylation is 1. The van der Waals surface area contributed by atoms with Crippen LogP contribution < -0.4 is 5.32 Å². The van der Waals surface area contributed by atoms with Crippen LogP contribution in [0.15, 0.2) is 85.5 Å². The van der Waals surface area contributed by atoms with Gasteiger partial charge in [0.15, 0.2) is 5.82 Å². The summed E-state index contributed by atoms with van der Waals surface area (Å²) < 4.78 is 3.41. The minimum Gasteiger partial charge on any atom is -0.331 e. The predicted molar refractivity (Wildman–Crippen MR) is 114 cm³/mol. The number of aromatic nitrogens is 4. The van der Waals surface area contributed by atoms with Gasteiger partial charge in [0, 0.05) is 48.5 Å². The molecular weight excluding hydrogens is 378 g/mol. The van der Waals surface area contributed by atoms with E-state index in [0.29, 0.717) is 17.1 Å². The van der Waals surface area contributed by atoms with E-state index in [2.05, 4.69) is 15.4 Å². The van der Waals surface area contributed by atoms with Crippen LogP contribution in [-0.4, -0.2) is 31.0 Å². The summed E-state index contributed by atoms with van der Waals surface area (Å²) in [5.41, 5.74) is 2.86. The van der Waals surface area contributed by atoms with E-state index in [9.17, 15) is 9.59 Å². The van der Waals surface area contributed by atoms with Gasteiger partial charge in [0.1, 0.15) is 0 Å². The Labute approximate surface area is 173 Å². The number of para-hydroxylation sites is 1. The zero-order valence-electron chi connectivity index (χ0n) is 16.3. The monoisotopic (exact) mass is 397 g/mol. The molecule has 0 atom stereocenters. The van der Waals surface area contributed by atoms with Crippen LogP contribution in [0.25, 0.3) is 11.8 Å². The van der Waals surface area contributed by atoms with Gasteiger partial charge in [-0.3, -0.25) is 9.59 Å². The minimum absolute atomic E-state index is 0.171. The van der Waals surface area contributed by atoms with Gasteiger partial charge in [0.05, 0.1) is 11.9 Å². The Bertz CT molecular complexity index is 1200. The quantitative estimate of drug-likeness (QED) is 0.399. The molecule has 1 N–H and O–H groups in total. The number of benzene rings is 2. The van der Waals surface area contributed by atoms with Gasteiger partial charge in [-0.1, -0.05) is 18.2 Å². The van der Waals surface area contributed by atoms with Gasteiger partial charge >= 0.3 is 0 Å². The van der Waals surface area contributed by atoms with Crippen LogP contribution >= 0.6 is 0 Å². The van der Waals surface area contributed by atoms with Gasteiger partial charge in [-0.05, 0) is 42.5 Å². The van der Waals surface area contributed by atoms with Crippen molar-refractivity contribution < 1.29 is 9.59 Å². The number of rotatable bonds is 6. The second-order valence-electron chi connectivity index (χ2n) is 6.64. The van der Waals surface area contributed by atoms with Crippen LogP contribution in [0.1, 0.15) is 21.7 Å². The molecule has 0 aliphatic carbocycles. The molecule has 1 amide bonds. The first-order valence-electron chi connectivity index (χ1n) is 9.31. The largest absolute Gasteiger partial charge is 0.331 e. The van der Waals surface area contributed by atoms with Crippen molar-refractivity contribution in [1.82, 2.24) is 19.3 Å². The second kappa shape index (κ2) is 8.40. The standard InChI is InChI=1S/C23H19N5O2/c1-27-14-13-24-23(27)22(30)18-8-10-19(11-9-18)26-21(29)12-7-17-15-25-28(16-17)20-5-3-2-4-6-20/h2-16H,1H3,(H,26,29)/b12-7+. The third-order valence-corrected chi connectivity index (χ3v) is 4.49. The van der Waals surface area contributed by atoms with Crippen LogP contribution in [-0.2, 0) is 11.8 Å². The van der Waals surface area contributed by atoms with E-state index < -0.39 is 0 Å². The first-order valence-corrected chi connectivity index (χ1v) is 9.31.